The van der Waals surface area contributed by atoms with Crippen molar-refractivity contribution < 1.29 is 17.6 Å². The lowest BCUT2D eigenvalue weighted by Gasteiger charge is -1.88. The summed E-state index contributed by atoms with van der Waals surface area (Å²) in [7, 11) is 0. The largest absolute Gasteiger partial charge is 0.277 e. The van der Waals surface area contributed by atoms with Crippen molar-refractivity contribution in [3.63, 3.8) is 0 Å². The number of rotatable bonds is 1. The second-order valence-corrected chi connectivity index (χ2v) is 2.40. The maximum absolute atomic E-state index is 12.0. The Morgan fingerprint density at radius 1 is 1.30 bits per heavy atom. The van der Waals surface area contributed by atoms with E-state index in [1.54, 1.807) is 0 Å². The van der Waals surface area contributed by atoms with Gasteiger partial charge in [0.2, 0.25) is 5.95 Å². The molecule has 0 aromatic carbocycles. The molecule has 1 aromatic rings. The van der Waals surface area contributed by atoms with Crippen molar-refractivity contribution in [1.29, 1.82) is 0 Å². The minimum atomic E-state index is -2.98. The van der Waals surface area contributed by atoms with Gasteiger partial charge in [-0.1, -0.05) is 11.3 Å². The first-order valence-corrected chi connectivity index (χ1v) is 3.03. The highest BCUT2D eigenvalue weighted by Gasteiger charge is 2.18. The second kappa shape index (κ2) is 2.53. The van der Waals surface area contributed by atoms with E-state index in [4.69, 9.17) is 0 Å². The van der Waals surface area contributed by atoms with Gasteiger partial charge in [0.05, 0.1) is 0 Å². The molecule has 56 valence electrons. The van der Waals surface area contributed by atoms with Crippen LogP contribution in [0.5, 0.6) is 0 Å². The van der Waals surface area contributed by atoms with Crippen LogP contribution >= 0.6 is 11.3 Å². The van der Waals surface area contributed by atoms with Crippen LogP contribution in [0.3, 0.4) is 0 Å². The summed E-state index contributed by atoms with van der Waals surface area (Å²) in [4.78, 5) is 1.59. The topological polar surface area (TPSA) is 12.9 Å². The molecule has 1 rings (SSSR count). The van der Waals surface area contributed by atoms with Crippen molar-refractivity contribution in [1.82, 2.24) is 4.98 Å². The predicted octanol–water partition coefficient (Wildman–Crippen LogP) is 2.36. The fraction of sp³-hybridized carbons (Fsp3) is 0.250. The number of thiazole rings is 1. The SMILES string of the molecule is Fc1nc(F)c(C(F)F)s1. The van der Waals surface area contributed by atoms with Gasteiger partial charge >= 0.3 is 0 Å². The summed E-state index contributed by atoms with van der Waals surface area (Å²) in [5, 5.41) is -1.17. The van der Waals surface area contributed by atoms with Gasteiger partial charge in [0, 0.05) is 0 Å². The quantitative estimate of drug-likeness (QED) is 0.591. The maximum atomic E-state index is 12.0. The average molecular weight is 171 g/mol. The molecular formula is C4HF4NS. The van der Waals surface area contributed by atoms with Crippen molar-refractivity contribution in [2.45, 2.75) is 6.43 Å². The first-order chi connectivity index (χ1) is 4.61. The number of halogens is 4. The summed E-state index contributed by atoms with van der Waals surface area (Å²) in [6.07, 6.45) is -2.98. The Labute approximate surface area is 57.3 Å². The van der Waals surface area contributed by atoms with Gasteiger partial charge < -0.3 is 0 Å². The smallest absolute Gasteiger partial charge is 0.204 e. The molecule has 0 aliphatic carbocycles. The van der Waals surface area contributed by atoms with Crippen LogP contribution in [0, 0.1) is 11.2 Å². The van der Waals surface area contributed by atoms with Crippen LogP contribution in [-0.4, -0.2) is 4.98 Å². The molecule has 0 atom stereocenters. The Balaban J connectivity index is 3.03. The average Bonchev–Trinajstić information content (AvgIpc) is 2.10. The number of hydrogen-bond acceptors (Lipinski definition) is 2. The van der Waals surface area contributed by atoms with E-state index in [1.807, 2.05) is 0 Å². The van der Waals surface area contributed by atoms with Crippen molar-refractivity contribution in [2.24, 2.45) is 0 Å². The Bertz CT molecular complexity index is 233. The van der Waals surface area contributed by atoms with E-state index in [1.165, 1.54) is 0 Å². The third-order valence-electron chi connectivity index (χ3n) is 0.782. The molecule has 1 nitrogen and oxygen atoms in total. The maximum Gasteiger partial charge on any atom is 0.277 e. The van der Waals surface area contributed by atoms with Crippen LogP contribution < -0.4 is 0 Å². The molecule has 0 bridgehead atoms. The number of hydrogen-bond donors (Lipinski definition) is 0. The lowest BCUT2D eigenvalue weighted by Crippen LogP contribution is -1.82. The Morgan fingerprint density at radius 3 is 2.10 bits per heavy atom. The fourth-order valence-electron chi connectivity index (χ4n) is 0.423. The van der Waals surface area contributed by atoms with Gasteiger partial charge in [0.15, 0.2) is 0 Å². The molecule has 0 saturated carbocycles. The normalized spacial score (nSPS) is 10.9. The lowest BCUT2D eigenvalue weighted by molar-refractivity contribution is 0.150. The van der Waals surface area contributed by atoms with Gasteiger partial charge in [0.1, 0.15) is 4.88 Å². The monoisotopic (exact) mass is 171 g/mol. The van der Waals surface area contributed by atoms with Crippen LogP contribution in [0.4, 0.5) is 17.6 Å². The van der Waals surface area contributed by atoms with Crippen LogP contribution in [0.2, 0.25) is 0 Å². The summed E-state index contributed by atoms with van der Waals surface area (Å²) in [5.74, 6) is -1.42. The Morgan fingerprint density at radius 2 is 1.90 bits per heavy atom. The van der Waals surface area contributed by atoms with Gasteiger partial charge in [-0.15, -0.1) is 0 Å². The van der Waals surface area contributed by atoms with Crippen molar-refractivity contribution in [2.75, 3.05) is 0 Å². The number of aromatic nitrogens is 1. The molecule has 0 unspecified atom stereocenters. The molecule has 0 aliphatic heterocycles. The molecule has 0 fully saturated rings. The summed E-state index contributed by atoms with van der Waals surface area (Å²) < 4.78 is 47.1. The molecule has 0 radical (unpaired) electrons. The van der Waals surface area contributed by atoms with E-state index in [0.29, 0.717) is 0 Å². The molecule has 0 saturated heterocycles. The molecule has 6 heteroatoms. The van der Waals surface area contributed by atoms with Crippen LogP contribution in [0.15, 0.2) is 0 Å². The highest BCUT2D eigenvalue weighted by Crippen LogP contribution is 2.26. The predicted molar refractivity (Wildman–Crippen MR) is 27.0 cm³/mol. The molecule has 0 N–H and O–H groups in total. The van der Waals surface area contributed by atoms with E-state index in [9.17, 15) is 17.6 Å². The Kier molecular flexibility index (Phi) is 1.89. The van der Waals surface area contributed by atoms with Gasteiger partial charge in [0.25, 0.3) is 11.7 Å². The lowest BCUT2D eigenvalue weighted by atomic mass is 10.6. The molecule has 10 heavy (non-hydrogen) atoms. The van der Waals surface area contributed by atoms with E-state index >= 15 is 0 Å². The minimum Gasteiger partial charge on any atom is -0.204 e. The zero-order valence-electron chi connectivity index (χ0n) is 4.44. The molecule has 1 heterocycles. The minimum absolute atomic E-state index is 0.0197. The molecule has 0 amide bonds. The van der Waals surface area contributed by atoms with Gasteiger partial charge in [-0.3, -0.25) is 0 Å². The van der Waals surface area contributed by atoms with Crippen molar-refractivity contribution in [3.05, 3.63) is 16.1 Å². The highest BCUT2D eigenvalue weighted by molar-refractivity contribution is 7.10. The zero-order valence-corrected chi connectivity index (χ0v) is 5.26. The number of nitrogens with zero attached hydrogens (tertiary/aromatic N) is 1. The summed E-state index contributed by atoms with van der Waals surface area (Å²) >= 11 is 0.0197. The molecule has 1 aromatic heterocycles. The zero-order chi connectivity index (χ0) is 7.72. The van der Waals surface area contributed by atoms with Gasteiger partial charge in [-0.25, -0.2) is 8.78 Å². The first kappa shape index (κ1) is 7.46. The van der Waals surface area contributed by atoms with Crippen molar-refractivity contribution >= 4 is 11.3 Å². The third kappa shape index (κ3) is 1.26. The first-order valence-electron chi connectivity index (χ1n) is 2.21. The standard InChI is InChI=1S/C4HF4NS/c5-2(6)1-3(7)9-4(8)10-1/h2H. The third-order valence-corrected chi connectivity index (χ3v) is 1.61. The van der Waals surface area contributed by atoms with Crippen LogP contribution in [0.25, 0.3) is 0 Å². The molecule has 0 spiro atoms. The molecule has 0 aliphatic rings. The molecular weight excluding hydrogens is 170 g/mol. The number of alkyl halides is 2. The highest BCUT2D eigenvalue weighted by atomic mass is 32.1. The van der Waals surface area contributed by atoms with E-state index < -0.39 is 22.5 Å². The Hall–Kier alpha value is -0.650. The van der Waals surface area contributed by atoms with E-state index in [2.05, 4.69) is 4.98 Å². The van der Waals surface area contributed by atoms with E-state index in [0.717, 1.165) is 0 Å². The fourth-order valence-corrected chi connectivity index (χ4v) is 0.949. The summed E-state index contributed by atoms with van der Waals surface area (Å²) in [5.41, 5.74) is 0. The van der Waals surface area contributed by atoms with Gasteiger partial charge in [-0.05, 0) is 0 Å². The van der Waals surface area contributed by atoms with E-state index in [-0.39, 0.29) is 11.3 Å². The summed E-state index contributed by atoms with van der Waals surface area (Å²) in [6, 6.07) is 0. The van der Waals surface area contributed by atoms with Crippen molar-refractivity contribution in [3.8, 4) is 0 Å². The van der Waals surface area contributed by atoms with Gasteiger partial charge in [-0.2, -0.15) is 13.8 Å². The van der Waals surface area contributed by atoms with Crippen LogP contribution in [-0.2, 0) is 0 Å². The summed E-state index contributed by atoms with van der Waals surface area (Å²) in [6.45, 7) is 0. The van der Waals surface area contributed by atoms with Crippen LogP contribution in [0.1, 0.15) is 11.3 Å². The second-order valence-electron chi connectivity index (χ2n) is 1.42.